The highest BCUT2D eigenvalue weighted by Gasteiger charge is 2.35. The lowest BCUT2D eigenvalue weighted by Gasteiger charge is -2.06. The molecule has 0 radical (unpaired) electrons. The second-order valence-corrected chi connectivity index (χ2v) is 3.52. The second kappa shape index (κ2) is 3.27. The van der Waals surface area contributed by atoms with Crippen molar-refractivity contribution in [1.82, 2.24) is 9.53 Å². The Bertz CT molecular complexity index is 199. The number of nitrogens with zero attached hydrogens (tertiary/aromatic N) is 1. The van der Waals surface area contributed by atoms with Gasteiger partial charge >= 0.3 is 0 Å². The van der Waals surface area contributed by atoms with E-state index in [1.54, 1.807) is 7.98 Å². The Hall–Kier alpha value is -0.485. The number of likely N-dealkylation sites (tertiary alicyclic amines) is 1. The van der Waals surface area contributed by atoms with Gasteiger partial charge in [0.2, 0.25) is 11.8 Å². The number of nitrogens with one attached hydrogen (secondary N) is 1. The van der Waals surface area contributed by atoms with Crippen LogP contribution in [0.4, 0.5) is 0 Å². The molecule has 1 N–H and O–H groups in total. The predicted octanol–water partition coefficient (Wildman–Crippen LogP) is -1.47. The van der Waals surface area contributed by atoms with Crippen LogP contribution >= 0.6 is 11.9 Å². The van der Waals surface area contributed by atoms with Crippen LogP contribution < -0.4 is 4.63 Å². The summed E-state index contributed by atoms with van der Waals surface area (Å²) in [7, 11) is 3.25. The zero-order chi connectivity index (χ0) is 8.43. The minimum absolute atomic E-state index is 0.0947. The van der Waals surface area contributed by atoms with E-state index >= 15 is 0 Å². The van der Waals surface area contributed by atoms with Crippen LogP contribution in [-0.2, 0) is 9.59 Å². The fourth-order valence-corrected chi connectivity index (χ4v) is 1.73. The zero-order valence-corrected chi connectivity index (χ0v) is 7.27. The van der Waals surface area contributed by atoms with E-state index in [4.69, 9.17) is 0 Å². The van der Waals surface area contributed by atoms with Gasteiger partial charge in [0.15, 0.2) is 7.98 Å². The Balaban J connectivity index is 2.60. The molecule has 1 fully saturated rings. The summed E-state index contributed by atoms with van der Waals surface area (Å²) in [5.41, 5.74) is 0. The maximum absolute atomic E-state index is 11.1. The van der Waals surface area contributed by atoms with Gasteiger partial charge in [0.1, 0.15) is 5.25 Å². The number of hydrogen-bond donors (Lipinski definition) is 1. The molecule has 1 rings (SSSR count). The largest absolute Gasteiger partial charge is 0.310 e. The van der Waals surface area contributed by atoms with Gasteiger partial charge < -0.3 is 4.63 Å². The number of imide groups is 1. The van der Waals surface area contributed by atoms with Crippen molar-refractivity contribution in [3.05, 3.63) is 0 Å². The standard InChI is InChI=1S/C5H9BN2O2S/c1-8-4(9)2-3(5(8)10)11-7-6/h3,7H,2,6H2,1H3. The molecular weight excluding hydrogens is 163 g/mol. The van der Waals surface area contributed by atoms with E-state index in [-0.39, 0.29) is 17.1 Å². The summed E-state index contributed by atoms with van der Waals surface area (Å²) < 4.78 is 2.80. The van der Waals surface area contributed by atoms with E-state index in [2.05, 4.69) is 4.63 Å². The van der Waals surface area contributed by atoms with E-state index in [1.165, 1.54) is 23.9 Å². The average Bonchev–Trinajstić information content (AvgIpc) is 2.19. The fourth-order valence-electron chi connectivity index (χ4n) is 0.956. The molecule has 4 nitrogen and oxygen atoms in total. The van der Waals surface area contributed by atoms with Gasteiger partial charge in [0.25, 0.3) is 0 Å². The fraction of sp³-hybridized carbons (Fsp3) is 0.600. The summed E-state index contributed by atoms with van der Waals surface area (Å²) in [6.07, 6.45) is 0.320. The average molecular weight is 172 g/mol. The van der Waals surface area contributed by atoms with E-state index in [1.807, 2.05) is 0 Å². The molecule has 2 amide bonds. The van der Waals surface area contributed by atoms with Crippen LogP contribution in [0.1, 0.15) is 6.42 Å². The van der Waals surface area contributed by atoms with Crippen LogP contribution in [0.5, 0.6) is 0 Å². The van der Waals surface area contributed by atoms with Gasteiger partial charge in [-0.2, -0.15) is 0 Å². The highest BCUT2D eigenvalue weighted by Crippen LogP contribution is 2.20. The molecule has 1 heterocycles. The van der Waals surface area contributed by atoms with Crippen molar-refractivity contribution >= 4 is 31.7 Å². The first-order chi connectivity index (χ1) is 5.16. The van der Waals surface area contributed by atoms with E-state index in [0.29, 0.717) is 6.42 Å². The molecule has 0 aromatic heterocycles. The quantitative estimate of drug-likeness (QED) is 0.314. The molecular formula is C5H9BN2O2S. The lowest BCUT2D eigenvalue weighted by Crippen LogP contribution is -2.27. The molecule has 0 aliphatic carbocycles. The van der Waals surface area contributed by atoms with Crippen molar-refractivity contribution in [2.24, 2.45) is 0 Å². The molecule has 11 heavy (non-hydrogen) atoms. The molecule has 60 valence electrons. The molecule has 0 saturated carbocycles. The van der Waals surface area contributed by atoms with Crippen molar-refractivity contribution in [3.63, 3.8) is 0 Å². The van der Waals surface area contributed by atoms with E-state index in [9.17, 15) is 9.59 Å². The Morgan fingerprint density at radius 3 is 2.73 bits per heavy atom. The van der Waals surface area contributed by atoms with Crippen LogP contribution in [0.15, 0.2) is 0 Å². The maximum atomic E-state index is 11.1. The number of hydrogen-bond acceptors (Lipinski definition) is 4. The molecule has 1 aliphatic heterocycles. The molecule has 1 saturated heterocycles. The van der Waals surface area contributed by atoms with E-state index in [0.717, 1.165) is 0 Å². The third kappa shape index (κ3) is 1.57. The van der Waals surface area contributed by atoms with Crippen molar-refractivity contribution in [2.75, 3.05) is 7.05 Å². The van der Waals surface area contributed by atoms with Gasteiger partial charge in [-0.05, 0) is 0 Å². The second-order valence-electron chi connectivity index (χ2n) is 2.31. The highest BCUT2D eigenvalue weighted by molar-refractivity contribution is 7.99. The molecule has 0 spiro atoms. The Kier molecular flexibility index (Phi) is 2.56. The van der Waals surface area contributed by atoms with Gasteiger partial charge in [0.05, 0.1) is 0 Å². The van der Waals surface area contributed by atoms with E-state index < -0.39 is 0 Å². The smallest absolute Gasteiger partial charge is 0.243 e. The van der Waals surface area contributed by atoms with Gasteiger partial charge in [-0.1, -0.05) is 11.9 Å². The van der Waals surface area contributed by atoms with Crippen LogP contribution in [0.3, 0.4) is 0 Å². The molecule has 6 heteroatoms. The summed E-state index contributed by atoms with van der Waals surface area (Å²) in [6, 6.07) is 0. The van der Waals surface area contributed by atoms with Gasteiger partial charge in [-0.3, -0.25) is 14.5 Å². The van der Waals surface area contributed by atoms with Crippen molar-refractivity contribution in [3.8, 4) is 0 Å². The van der Waals surface area contributed by atoms with Crippen LogP contribution in [-0.4, -0.2) is 37.0 Å². The van der Waals surface area contributed by atoms with Gasteiger partial charge in [-0.15, -0.1) is 0 Å². The maximum Gasteiger partial charge on any atom is 0.243 e. The number of carbonyl (C=O) groups excluding carboxylic acids is 2. The van der Waals surface area contributed by atoms with Crippen LogP contribution in [0, 0.1) is 0 Å². The SMILES string of the molecule is BNSC1CC(=O)N(C)C1=O. The third-order valence-corrected chi connectivity index (χ3v) is 2.49. The summed E-state index contributed by atoms with van der Waals surface area (Å²) in [5.74, 6) is -0.197. The Labute approximate surface area is 70.3 Å². The minimum atomic E-state index is -0.225. The molecule has 0 aromatic carbocycles. The normalized spacial score (nSPS) is 24.8. The van der Waals surface area contributed by atoms with Crippen LogP contribution in [0.25, 0.3) is 0 Å². The summed E-state index contributed by atoms with van der Waals surface area (Å²) in [5, 5.41) is -0.225. The monoisotopic (exact) mass is 172 g/mol. The highest BCUT2D eigenvalue weighted by atomic mass is 32.2. The molecule has 1 unspecified atom stereocenters. The first-order valence-corrected chi connectivity index (χ1v) is 4.17. The van der Waals surface area contributed by atoms with Crippen molar-refractivity contribution in [2.45, 2.75) is 11.7 Å². The topological polar surface area (TPSA) is 49.4 Å². The minimum Gasteiger partial charge on any atom is -0.310 e. The molecule has 1 atom stereocenters. The lowest BCUT2D eigenvalue weighted by atomic mass is 10.4. The first-order valence-electron chi connectivity index (χ1n) is 3.29. The summed E-state index contributed by atoms with van der Waals surface area (Å²) in [6.45, 7) is 0. The van der Waals surface area contributed by atoms with Gasteiger partial charge in [-0.25, -0.2) is 0 Å². The zero-order valence-electron chi connectivity index (χ0n) is 6.46. The third-order valence-electron chi connectivity index (χ3n) is 1.60. The molecule has 1 aliphatic rings. The molecule has 0 aromatic rings. The Morgan fingerprint density at radius 1 is 1.73 bits per heavy atom. The van der Waals surface area contributed by atoms with Crippen molar-refractivity contribution < 1.29 is 9.59 Å². The lowest BCUT2D eigenvalue weighted by molar-refractivity contribution is -0.136. The van der Waals surface area contributed by atoms with Crippen molar-refractivity contribution in [1.29, 1.82) is 0 Å². The van der Waals surface area contributed by atoms with Crippen LogP contribution in [0.2, 0.25) is 0 Å². The summed E-state index contributed by atoms with van der Waals surface area (Å²) >= 11 is 1.29. The van der Waals surface area contributed by atoms with Gasteiger partial charge in [0, 0.05) is 13.5 Å². The number of rotatable bonds is 2. The predicted molar refractivity (Wildman–Crippen MR) is 45.5 cm³/mol. The number of carbonyl (C=O) groups is 2. The summed E-state index contributed by atoms with van der Waals surface area (Å²) in [4.78, 5) is 23.3. The molecule has 0 bridgehead atoms. The Morgan fingerprint density at radius 2 is 2.36 bits per heavy atom. The number of amides is 2. The first kappa shape index (κ1) is 8.61.